The minimum atomic E-state index is -0.377. The first kappa shape index (κ1) is 14.4. The Labute approximate surface area is 106 Å². The summed E-state index contributed by atoms with van der Waals surface area (Å²) in [6.07, 6.45) is 0.224. The van der Waals surface area contributed by atoms with E-state index in [4.69, 9.17) is 10.5 Å². The molecule has 0 saturated carbocycles. The van der Waals surface area contributed by atoms with Gasteiger partial charge in [-0.25, -0.2) is 4.39 Å². The number of hydrogen-bond acceptors (Lipinski definition) is 3. The zero-order chi connectivity index (χ0) is 13.7. The number of hydrogen-bond donors (Lipinski definition) is 2. The van der Waals surface area contributed by atoms with Crippen LogP contribution in [0.5, 0.6) is 5.75 Å². The van der Waals surface area contributed by atoms with Crippen molar-refractivity contribution in [1.82, 2.24) is 5.32 Å². The fourth-order valence-corrected chi connectivity index (χ4v) is 1.86. The third-order valence-corrected chi connectivity index (χ3v) is 2.72. The lowest BCUT2D eigenvalue weighted by Gasteiger charge is -2.20. The zero-order valence-corrected chi connectivity index (χ0v) is 10.9. The van der Waals surface area contributed by atoms with E-state index in [1.165, 1.54) is 13.2 Å². The van der Waals surface area contributed by atoms with Gasteiger partial charge in [-0.3, -0.25) is 4.79 Å². The Morgan fingerprint density at radius 1 is 1.50 bits per heavy atom. The highest BCUT2D eigenvalue weighted by Gasteiger charge is 2.15. The molecule has 0 saturated heterocycles. The summed E-state index contributed by atoms with van der Waals surface area (Å²) in [6, 6.07) is 4.41. The van der Waals surface area contributed by atoms with E-state index in [2.05, 4.69) is 5.32 Å². The number of amides is 1. The minimum absolute atomic E-state index is 0.0981. The zero-order valence-electron chi connectivity index (χ0n) is 10.9. The molecule has 0 aliphatic rings. The van der Waals surface area contributed by atoms with Crippen molar-refractivity contribution in [1.29, 1.82) is 0 Å². The Kier molecular flexibility index (Phi) is 5.09. The Balaban J connectivity index is 2.72. The van der Waals surface area contributed by atoms with Crippen molar-refractivity contribution in [2.45, 2.75) is 32.4 Å². The number of primary amides is 1. The summed E-state index contributed by atoms with van der Waals surface area (Å²) in [4.78, 5) is 10.8. The number of rotatable bonds is 6. The molecule has 0 heterocycles. The van der Waals surface area contributed by atoms with Crippen LogP contribution in [0.3, 0.4) is 0 Å². The van der Waals surface area contributed by atoms with E-state index in [1.54, 1.807) is 12.1 Å². The second-order valence-electron chi connectivity index (χ2n) is 4.35. The van der Waals surface area contributed by atoms with Crippen molar-refractivity contribution in [2.24, 2.45) is 5.73 Å². The van der Waals surface area contributed by atoms with Crippen molar-refractivity contribution >= 4 is 5.91 Å². The molecule has 2 atom stereocenters. The van der Waals surface area contributed by atoms with Crippen LogP contribution in [0.25, 0.3) is 0 Å². The highest BCUT2D eigenvalue weighted by Crippen LogP contribution is 2.22. The van der Waals surface area contributed by atoms with Gasteiger partial charge in [-0.1, -0.05) is 6.07 Å². The van der Waals surface area contributed by atoms with Crippen LogP contribution in [0.2, 0.25) is 0 Å². The first-order valence-corrected chi connectivity index (χ1v) is 5.81. The Morgan fingerprint density at radius 2 is 2.17 bits per heavy atom. The van der Waals surface area contributed by atoms with Crippen LogP contribution >= 0.6 is 0 Å². The molecule has 0 radical (unpaired) electrons. The van der Waals surface area contributed by atoms with E-state index in [-0.39, 0.29) is 30.2 Å². The minimum Gasteiger partial charge on any atom is -0.497 e. The number of benzene rings is 1. The number of methoxy groups -OCH3 is 1. The lowest BCUT2D eigenvalue weighted by Crippen LogP contribution is -2.33. The fourth-order valence-electron chi connectivity index (χ4n) is 1.86. The van der Waals surface area contributed by atoms with E-state index in [0.717, 1.165) is 0 Å². The van der Waals surface area contributed by atoms with Crippen molar-refractivity contribution < 1.29 is 13.9 Å². The third-order valence-electron chi connectivity index (χ3n) is 2.72. The van der Waals surface area contributed by atoms with Gasteiger partial charge in [0.15, 0.2) is 0 Å². The summed E-state index contributed by atoms with van der Waals surface area (Å²) >= 11 is 0. The van der Waals surface area contributed by atoms with Crippen LogP contribution in [0.1, 0.15) is 31.9 Å². The molecule has 3 N–H and O–H groups in total. The summed E-state index contributed by atoms with van der Waals surface area (Å²) in [5.74, 6) is -0.230. The molecule has 100 valence electrons. The molecule has 18 heavy (non-hydrogen) atoms. The molecule has 0 aromatic heterocycles. The van der Waals surface area contributed by atoms with Gasteiger partial charge in [0.25, 0.3) is 0 Å². The van der Waals surface area contributed by atoms with Crippen LogP contribution in [-0.2, 0) is 4.79 Å². The molecular formula is C13H19FN2O2. The summed E-state index contributed by atoms with van der Waals surface area (Å²) < 4.78 is 18.7. The summed E-state index contributed by atoms with van der Waals surface area (Å²) in [6.45, 7) is 3.67. The molecule has 0 bridgehead atoms. The first-order valence-electron chi connectivity index (χ1n) is 5.81. The van der Waals surface area contributed by atoms with Gasteiger partial charge in [0.05, 0.1) is 7.11 Å². The lowest BCUT2D eigenvalue weighted by molar-refractivity contribution is -0.118. The molecule has 5 heteroatoms. The molecule has 4 nitrogen and oxygen atoms in total. The quantitative estimate of drug-likeness (QED) is 0.813. The Hall–Kier alpha value is -1.62. The average Bonchev–Trinajstić information content (AvgIpc) is 2.27. The molecule has 0 spiro atoms. The topological polar surface area (TPSA) is 64.3 Å². The monoisotopic (exact) mass is 254 g/mol. The highest BCUT2D eigenvalue weighted by molar-refractivity contribution is 5.74. The van der Waals surface area contributed by atoms with E-state index in [1.807, 2.05) is 13.8 Å². The van der Waals surface area contributed by atoms with Gasteiger partial charge in [-0.15, -0.1) is 0 Å². The predicted octanol–water partition coefficient (Wildman–Crippen LogP) is 1.75. The van der Waals surface area contributed by atoms with Crippen LogP contribution in [0.4, 0.5) is 4.39 Å². The maximum Gasteiger partial charge on any atom is 0.218 e. The Morgan fingerprint density at radius 3 is 2.67 bits per heavy atom. The van der Waals surface area contributed by atoms with Crippen molar-refractivity contribution in [3.63, 3.8) is 0 Å². The van der Waals surface area contributed by atoms with Crippen LogP contribution in [0.15, 0.2) is 18.2 Å². The molecular weight excluding hydrogens is 235 g/mol. The Bertz CT molecular complexity index is 423. The van der Waals surface area contributed by atoms with Crippen LogP contribution < -0.4 is 15.8 Å². The molecule has 0 aliphatic carbocycles. The van der Waals surface area contributed by atoms with Gasteiger partial charge in [0.2, 0.25) is 5.91 Å². The van der Waals surface area contributed by atoms with Crippen LogP contribution in [-0.4, -0.2) is 19.1 Å². The average molecular weight is 254 g/mol. The van der Waals surface area contributed by atoms with Crippen molar-refractivity contribution in [3.8, 4) is 5.75 Å². The fraction of sp³-hybridized carbons (Fsp3) is 0.462. The number of carbonyl (C=O) groups excluding carboxylic acids is 1. The SMILES string of the molecule is COc1ccc(C(C)NC(C)CC(N)=O)c(F)c1. The first-order chi connectivity index (χ1) is 8.43. The number of ether oxygens (including phenoxy) is 1. The van der Waals surface area contributed by atoms with Gasteiger partial charge >= 0.3 is 0 Å². The summed E-state index contributed by atoms with van der Waals surface area (Å²) in [7, 11) is 1.49. The maximum absolute atomic E-state index is 13.8. The van der Waals surface area contributed by atoms with E-state index in [0.29, 0.717) is 11.3 Å². The number of halogens is 1. The molecule has 1 aromatic rings. The van der Waals surface area contributed by atoms with Gasteiger partial charge < -0.3 is 15.8 Å². The molecule has 1 aromatic carbocycles. The summed E-state index contributed by atoms with van der Waals surface area (Å²) in [5.41, 5.74) is 5.64. The normalized spacial score (nSPS) is 14.0. The van der Waals surface area contributed by atoms with Crippen LogP contribution in [0, 0.1) is 5.82 Å². The largest absolute Gasteiger partial charge is 0.497 e. The van der Waals surface area contributed by atoms with Gasteiger partial charge in [-0.05, 0) is 19.9 Å². The second-order valence-corrected chi connectivity index (χ2v) is 4.35. The molecule has 2 unspecified atom stereocenters. The molecule has 1 amide bonds. The number of carbonyl (C=O) groups is 1. The van der Waals surface area contributed by atoms with E-state index < -0.39 is 0 Å². The molecule has 1 rings (SSSR count). The highest BCUT2D eigenvalue weighted by atomic mass is 19.1. The predicted molar refractivity (Wildman–Crippen MR) is 67.8 cm³/mol. The van der Waals surface area contributed by atoms with Gasteiger partial charge in [-0.2, -0.15) is 0 Å². The van der Waals surface area contributed by atoms with Crippen molar-refractivity contribution in [3.05, 3.63) is 29.6 Å². The standard InChI is InChI=1S/C13H19FN2O2/c1-8(6-13(15)17)16-9(2)11-5-4-10(18-3)7-12(11)14/h4-5,7-9,16H,6H2,1-3H3,(H2,15,17). The van der Waals surface area contributed by atoms with Crippen molar-refractivity contribution in [2.75, 3.05) is 7.11 Å². The smallest absolute Gasteiger partial charge is 0.218 e. The number of nitrogens with two attached hydrogens (primary N) is 1. The summed E-state index contributed by atoms with van der Waals surface area (Å²) in [5, 5.41) is 3.12. The van der Waals surface area contributed by atoms with Gasteiger partial charge in [0.1, 0.15) is 11.6 Å². The third kappa shape index (κ3) is 4.00. The van der Waals surface area contributed by atoms with E-state index >= 15 is 0 Å². The lowest BCUT2D eigenvalue weighted by atomic mass is 10.1. The van der Waals surface area contributed by atoms with Gasteiger partial charge in [0, 0.05) is 30.1 Å². The molecule has 0 fully saturated rings. The van der Waals surface area contributed by atoms with E-state index in [9.17, 15) is 9.18 Å². The molecule has 0 aliphatic heterocycles. The second kappa shape index (κ2) is 6.35. The maximum atomic E-state index is 13.8. The number of nitrogens with one attached hydrogen (secondary N) is 1.